The molecule has 1 aromatic carbocycles. The van der Waals surface area contributed by atoms with Crippen LogP contribution in [-0.2, 0) is 14.4 Å². The summed E-state index contributed by atoms with van der Waals surface area (Å²) in [6.07, 6.45) is 5.79. The molecule has 0 aliphatic carbocycles. The molecular weight excluding hydrogens is 244 g/mol. The Hall–Kier alpha value is -2.69. The van der Waals surface area contributed by atoms with E-state index in [2.05, 4.69) is 0 Å². The van der Waals surface area contributed by atoms with Crippen LogP contribution in [0.5, 0.6) is 0 Å². The first-order valence-corrected chi connectivity index (χ1v) is 5.81. The van der Waals surface area contributed by atoms with E-state index < -0.39 is 0 Å². The summed E-state index contributed by atoms with van der Waals surface area (Å²) in [4.78, 5) is 37.3. The molecule has 0 saturated carbocycles. The number of hydrogen-bond donors (Lipinski definition) is 0. The van der Waals surface area contributed by atoms with Gasteiger partial charge < -0.3 is 4.90 Å². The molecular formula is C14H10N2O3. The van der Waals surface area contributed by atoms with Gasteiger partial charge in [-0.1, -0.05) is 6.08 Å². The molecule has 3 rings (SSSR count). The molecule has 2 aliphatic heterocycles. The van der Waals surface area contributed by atoms with E-state index in [9.17, 15) is 14.4 Å². The van der Waals surface area contributed by atoms with E-state index in [0.29, 0.717) is 12.2 Å². The van der Waals surface area contributed by atoms with Gasteiger partial charge in [0.05, 0.1) is 5.69 Å². The number of rotatable bonds is 2. The van der Waals surface area contributed by atoms with Crippen molar-refractivity contribution in [1.82, 2.24) is 0 Å². The topological polar surface area (TPSA) is 57.7 Å². The van der Waals surface area contributed by atoms with Gasteiger partial charge >= 0.3 is 0 Å². The minimum atomic E-state index is -0.350. The first-order chi connectivity index (χ1) is 9.16. The molecule has 0 N–H and O–H groups in total. The van der Waals surface area contributed by atoms with Crippen LogP contribution in [0.25, 0.3) is 0 Å². The quantitative estimate of drug-likeness (QED) is 0.740. The average Bonchev–Trinajstić information content (AvgIpc) is 2.97. The lowest BCUT2D eigenvalue weighted by atomic mass is 10.2. The molecule has 2 aliphatic rings. The normalized spacial score (nSPS) is 18.0. The van der Waals surface area contributed by atoms with Gasteiger partial charge in [0, 0.05) is 30.5 Å². The molecule has 2 heterocycles. The molecule has 0 radical (unpaired) electrons. The van der Waals surface area contributed by atoms with Crippen LogP contribution in [-0.4, -0.2) is 24.3 Å². The molecule has 0 atom stereocenters. The summed E-state index contributed by atoms with van der Waals surface area (Å²) in [5, 5.41) is 0. The van der Waals surface area contributed by atoms with Crippen molar-refractivity contribution < 1.29 is 14.4 Å². The average molecular weight is 254 g/mol. The van der Waals surface area contributed by atoms with Crippen LogP contribution >= 0.6 is 0 Å². The molecule has 0 saturated heterocycles. The fraction of sp³-hybridized carbons (Fsp3) is 0.0714. The van der Waals surface area contributed by atoms with Crippen molar-refractivity contribution >= 4 is 29.1 Å². The minimum Gasteiger partial charge on any atom is -0.305 e. The first kappa shape index (κ1) is 11.4. The van der Waals surface area contributed by atoms with Crippen LogP contribution in [0.15, 0.2) is 48.6 Å². The largest absolute Gasteiger partial charge is 0.305 e. The van der Waals surface area contributed by atoms with Crippen molar-refractivity contribution in [3.63, 3.8) is 0 Å². The van der Waals surface area contributed by atoms with E-state index in [4.69, 9.17) is 0 Å². The molecule has 5 heteroatoms. The highest BCUT2D eigenvalue weighted by atomic mass is 16.2. The van der Waals surface area contributed by atoms with Gasteiger partial charge in [0.15, 0.2) is 0 Å². The Balaban J connectivity index is 1.85. The maximum absolute atomic E-state index is 11.5. The number of hydrogen-bond acceptors (Lipinski definition) is 3. The van der Waals surface area contributed by atoms with E-state index in [0.717, 1.165) is 10.6 Å². The summed E-state index contributed by atoms with van der Waals surface area (Å²) < 4.78 is 0. The number of carbonyl (C=O) groups excluding carboxylic acids is 3. The second-order valence-electron chi connectivity index (χ2n) is 4.21. The van der Waals surface area contributed by atoms with E-state index in [1.54, 1.807) is 35.2 Å². The Kier molecular flexibility index (Phi) is 2.52. The molecule has 0 aromatic heterocycles. The smallest absolute Gasteiger partial charge is 0.258 e. The summed E-state index contributed by atoms with van der Waals surface area (Å²) in [5.74, 6) is -0.768. The summed E-state index contributed by atoms with van der Waals surface area (Å²) in [6.45, 7) is 0.543. The van der Waals surface area contributed by atoms with Gasteiger partial charge in [-0.25, -0.2) is 4.90 Å². The highest BCUT2D eigenvalue weighted by Gasteiger charge is 2.25. The lowest BCUT2D eigenvalue weighted by Gasteiger charge is -2.18. The predicted molar refractivity (Wildman–Crippen MR) is 69.6 cm³/mol. The third kappa shape index (κ3) is 1.85. The molecule has 0 bridgehead atoms. The highest BCUT2D eigenvalue weighted by molar-refractivity contribution is 6.28. The van der Waals surface area contributed by atoms with Crippen LogP contribution in [0, 0.1) is 0 Å². The first-order valence-electron chi connectivity index (χ1n) is 5.81. The van der Waals surface area contributed by atoms with Crippen molar-refractivity contribution in [3.8, 4) is 0 Å². The second-order valence-corrected chi connectivity index (χ2v) is 4.21. The molecule has 0 unspecified atom stereocenters. The van der Waals surface area contributed by atoms with Crippen molar-refractivity contribution in [1.29, 1.82) is 0 Å². The van der Waals surface area contributed by atoms with Gasteiger partial charge in [0.25, 0.3) is 17.7 Å². The van der Waals surface area contributed by atoms with Gasteiger partial charge in [-0.3, -0.25) is 14.4 Å². The van der Waals surface area contributed by atoms with Crippen molar-refractivity contribution in [2.45, 2.75) is 0 Å². The molecule has 19 heavy (non-hydrogen) atoms. The van der Waals surface area contributed by atoms with Crippen molar-refractivity contribution in [2.75, 3.05) is 16.3 Å². The van der Waals surface area contributed by atoms with Crippen molar-refractivity contribution in [3.05, 3.63) is 48.6 Å². The molecule has 94 valence electrons. The Labute approximate surface area is 109 Å². The van der Waals surface area contributed by atoms with Crippen LogP contribution < -0.4 is 9.80 Å². The number of imide groups is 1. The zero-order chi connectivity index (χ0) is 13.4. The van der Waals surface area contributed by atoms with Gasteiger partial charge in [-0.05, 0) is 24.3 Å². The fourth-order valence-corrected chi connectivity index (χ4v) is 2.11. The Morgan fingerprint density at radius 3 is 1.84 bits per heavy atom. The van der Waals surface area contributed by atoms with Crippen LogP contribution in [0.4, 0.5) is 11.4 Å². The Bertz CT molecular complexity index is 611. The highest BCUT2D eigenvalue weighted by Crippen LogP contribution is 2.24. The third-order valence-corrected chi connectivity index (χ3v) is 3.04. The summed E-state index contributed by atoms with van der Waals surface area (Å²) in [7, 11) is 0. The zero-order valence-corrected chi connectivity index (χ0v) is 9.95. The Morgan fingerprint density at radius 2 is 1.32 bits per heavy atom. The summed E-state index contributed by atoms with van der Waals surface area (Å²) in [6, 6.07) is 6.76. The standard InChI is InChI=1S/C14H10N2O3/c17-12-2-1-9-15(12)10-3-5-11(6-4-10)16-13(18)7-8-14(16)19/h1-8H,9H2. The van der Waals surface area contributed by atoms with Crippen LogP contribution in [0.1, 0.15) is 0 Å². The SMILES string of the molecule is O=C1C=CCN1c1ccc(N2C(=O)C=CC2=O)cc1. The summed E-state index contributed by atoms with van der Waals surface area (Å²) in [5.41, 5.74) is 1.24. The lowest BCUT2D eigenvalue weighted by Crippen LogP contribution is -2.29. The van der Waals surface area contributed by atoms with Gasteiger partial charge in [0.1, 0.15) is 0 Å². The fourth-order valence-electron chi connectivity index (χ4n) is 2.11. The van der Waals surface area contributed by atoms with Gasteiger partial charge in [-0.2, -0.15) is 0 Å². The maximum atomic E-state index is 11.5. The summed E-state index contributed by atoms with van der Waals surface area (Å²) >= 11 is 0. The van der Waals surface area contributed by atoms with E-state index in [-0.39, 0.29) is 17.7 Å². The predicted octanol–water partition coefficient (Wildman–Crippen LogP) is 1.02. The maximum Gasteiger partial charge on any atom is 0.258 e. The van der Waals surface area contributed by atoms with Crippen molar-refractivity contribution in [2.24, 2.45) is 0 Å². The molecule has 3 amide bonds. The molecule has 0 fully saturated rings. The number of amides is 3. The molecule has 1 aromatic rings. The van der Waals surface area contributed by atoms with E-state index >= 15 is 0 Å². The van der Waals surface area contributed by atoms with Crippen LogP contribution in [0.3, 0.4) is 0 Å². The van der Waals surface area contributed by atoms with Gasteiger partial charge in [-0.15, -0.1) is 0 Å². The lowest BCUT2D eigenvalue weighted by molar-refractivity contribution is -0.120. The number of nitrogens with zero attached hydrogens (tertiary/aromatic N) is 2. The number of carbonyl (C=O) groups is 3. The monoisotopic (exact) mass is 254 g/mol. The minimum absolute atomic E-state index is 0.0669. The number of benzene rings is 1. The molecule has 5 nitrogen and oxygen atoms in total. The zero-order valence-electron chi connectivity index (χ0n) is 9.95. The van der Waals surface area contributed by atoms with Crippen LogP contribution in [0.2, 0.25) is 0 Å². The van der Waals surface area contributed by atoms with E-state index in [1.165, 1.54) is 18.2 Å². The Morgan fingerprint density at radius 1 is 0.737 bits per heavy atom. The second kappa shape index (κ2) is 4.20. The number of anilines is 2. The third-order valence-electron chi connectivity index (χ3n) is 3.04. The molecule has 0 spiro atoms. The van der Waals surface area contributed by atoms with Gasteiger partial charge in [0.2, 0.25) is 0 Å². The van der Waals surface area contributed by atoms with E-state index in [1.807, 2.05) is 0 Å².